The van der Waals surface area contributed by atoms with Gasteiger partial charge >= 0.3 is 33.0 Å². The fourth-order valence-electron chi connectivity index (χ4n) is 1.81. The van der Waals surface area contributed by atoms with Crippen LogP contribution >= 0.6 is 7.81 Å². The molecule has 27 heavy (non-hydrogen) atoms. The van der Waals surface area contributed by atoms with Crippen LogP contribution in [0.5, 0.6) is 0 Å². The van der Waals surface area contributed by atoms with Crippen LogP contribution in [-0.4, -0.2) is 40.7 Å². The zero-order chi connectivity index (χ0) is 21.2. The Morgan fingerprint density at radius 2 is 1.30 bits per heavy atom. The molecular formula is C15H17F6N2O2PS. The van der Waals surface area contributed by atoms with E-state index in [0.29, 0.717) is 22.8 Å². The molecule has 0 saturated heterocycles. The average Bonchev–Trinajstić information content (AvgIpc) is 2.53. The van der Waals surface area contributed by atoms with Crippen LogP contribution in [0, 0.1) is 22.7 Å². The van der Waals surface area contributed by atoms with Crippen molar-refractivity contribution in [2.24, 2.45) is 0 Å². The molecule has 0 heterocycles. The van der Waals surface area contributed by atoms with E-state index in [1.54, 1.807) is 0 Å². The zero-order valence-electron chi connectivity index (χ0n) is 13.8. The minimum absolute atomic E-state index is 0.0413. The maximum absolute atomic E-state index is 10.7. The molecule has 0 fully saturated rings. The van der Waals surface area contributed by atoms with Crippen LogP contribution in [0.4, 0.5) is 25.2 Å². The Kier molecular flexibility index (Phi) is 8.80. The average molecular weight is 434 g/mol. The molecule has 0 aliphatic carbocycles. The van der Waals surface area contributed by atoms with E-state index >= 15 is 0 Å². The quantitative estimate of drug-likeness (QED) is 0.287. The molecule has 0 spiro atoms. The Bertz CT molecular complexity index is 693. The van der Waals surface area contributed by atoms with Gasteiger partial charge in [0.15, 0.2) is 0 Å². The summed E-state index contributed by atoms with van der Waals surface area (Å²) in [4.78, 5) is 0. The van der Waals surface area contributed by atoms with Crippen molar-refractivity contribution in [3.8, 4) is 12.1 Å². The van der Waals surface area contributed by atoms with Crippen molar-refractivity contribution in [2.45, 2.75) is 0 Å². The molecule has 0 aromatic heterocycles. The first kappa shape index (κ1) is 25.2. The number of benzene rings is 1. The number of halogens is 6. The monoisotopic (exact) mass is 434 g/mol. The third-order valence-corrected chi connectivity index (χ3v) is 4.97. The third kappa shape index (κ3) is 15.0. The first-order chi connectivity index (χ1) is 12.2. The van der Waals surface area contributed by atoms with E-state index in [1.165, 1.54) is 0 Å². The molecule has 12 heteroatoms. The van der Waals surface area contributed by atoms with E-state index in [4.69, 9.17) is 20.7 Å². The molecule has 1 aromatic rings. The number of allylic oxidation sites excluding steroid dienone is 1. The van der Waals surface area contributed by atoms with Gasteiger partial charge in [0, 0.05) is 5.57 Å². The SMILES string of the molecule is F[P-](F)(F)(F)(F)F.N#CC(C#N)=C(C[S+](CCO)CCO)c1ccccc1. The Morgan fingerprint density at radius 1 is 0.889 bits per heavy atom. The van der Waals surface area contributed by atoms with Crippen LogP contribution in [0.2, 0.25) is 0 Å². The fraction of sp³-hybridized carbons (Fsp3) is 0.333. The first-order valence-corrected chi connectivity index (χ1v) is 11.0. The molecule has 2 N–H and O–H groups in total. The molecule has 0 amide bonds. The van der Waals surface area contributed by atoms with Gasteiger partial charge in [0.1, 0.15) is 35.0 Å². The zero-order valence-corrected chi connectivity index (χ0v) is 15.5. The fourth-order valence-corrected chi connectivity index (χ4v) is 3.54. The van der Waals surface area contributed by atoms with Crippen molar-refractivity contribution in [2.75, 3.05) is 30.5 Å². The molecule has 1 rings (SSSR count). The summed E-state index contributed by atoms with van der Waals surface area (Å²) >= 11 is 0. The van der Waals surface area contributed by atoms with Crippen LogP contribution in [-0.2, 0) is 10.9 Å². The van der Waals surface area contributed by atoms with E-state index in [2.05, 4.69) is 0 Å². The summed E-state index contributed by atoms with van der Waals surface area (Å²) in [6, 6.07) is 13.2. The van der Waals surface area contributed by atoms with Crippen LogP contribution in [0.25, 0.3) is 5.57 Å². The van der Waals surface area contributed by atoms with Crippen LogP contribution < -0.4 is 0 Å². The summed E-state index contributed by atoms with van der Waals surface area (Å²) in [5, 5.41) is 36.4. The summed E-state index contributed by atoms with van der Waals surface area (Å²) in [5.74, 6) is 1.67. The smallest absolute Gasteiger partial charge is 0.138 e. The molecule has 4 nitrogen and oxygen atoms in total. The van der Waals surface area contributed by atoms with Gasteiger partial charge in [-0.3, -0.25) is 0 Å². The number of nitriles is 2. The molecule has 0 atom stereocenters. The molecule has 152 valence electrons. The first-order valence-electron chi connectivity index (χ1n) is 7.22. The predicted molar refractivity (Wildman–Crippen MR) is 94.3 cm³/mol. The van der Waals surface area contributed by atoms with Gasteiger partial charge in [-0.25, -0.2) is 0 Å². The summed E-state index contributed by atoms with van der Waals surface area (Å²) in [7, 11) is -10.9. The van der Waals surface area contributed by atoms with Crippen molar-refractivity contribution in [3.05, 3.63) is 41.5 Å². The molecular weight excluding hydrogens is 417 g/mol. The third-order valence-electron chi connectivity index (χ3n) is 2.76. The van der Waals surface area contributed by atoms with Crippen LogP contribution in [0.15, 0.2) is 35.9 Å². The number of nitrogens with zero attached hydrogens (tertiary/aromatic N) is 2. The topological polar surface area (TPSA) is 88.0 Å². The summed E-state index contributed by atoms with van der Waals surface area (Å²) < 4.78 is 59.2. The second-order valence-electron chi connectivity index (χ2n) is 5.01. The van der Waals surface area contributed by atoms with E-state index in [0.717, 1.165) is 5.56 Å². The Hall–Kier alpha value is -1.78. The van der Waals surface area contributed by atoms with Gasteiger partial charge in [-0.15, -0.1) is 0 Å². The normalized spacial score (nSPS) is 13.3. The Labute approximate surface area is 154 Å². The second-order valence-corrected chi connectivity index (χ2v) is 9.26. The van der Waals surface area contributed by atoms with Gasteiger partial charge in [-0.05, 0) is 16.5 Å². The van der Waals surface area contributed by atoms with E-state index in [-0.39, 0.29) is 29.7 Å². The van der Waals surface area contributed by atoms with Gasteiger partial charge in [-0.2, -0.15) is 10.5 Å². The van der Waals surface area contributed by atoms with E-state index in [9.17, 15) is 25.2 Å². The summed E-state index contributed by atoms with van der Waals surface area (Å²) in [6.07, 6.45) is 0. The minimum Gasteiger partial charge on any atom is -0.391 e. The van der Waals surface area contributed by atoms with E-state index in [1.807, 2.05) is 42.5 Å². The van der Waals surface area contributed by atoms with Crippen molar-refractivity contribution in [1.82, 2.24) is 0 Å². The summed E-state index contributed by atoms with van der Waals surface area (Å²) in [6.45, 7) is 0.0826. The maximum Gasteiger partial charge on any atom is 0.138 e. The predicted octanol–water partition coefficient (Wildman–Crippen LogP) is 4.47. The van der Waals surface area contributed by atoms with Crippen LogP contribution in [0.3, 0.4) is 0 Å². The number of aliphatic hydroxyl groups is 2. The molecule has 0 bridgehead atoms. The van der Waals surface area contributed by atoms with Gasteiger partial charge in [0.2, 0.25) is 0 Å². The van der Waals surface area contributed by atoms with Crippen LogP contribution in [0.1, 0.15) is 5.56 Å². The number of aliphatic hydroxyl groups excluding tert-OH is 2. The molecule has 1 aromatic carbocycles. The maximum atomic E-state index is 9.87. The van der Waals surface area contributed by atoms with Gasteiger partial charge < -0.3 is 10.2 Å². The Morgan fingerprint density at radius 3 is 1.63 bits per heavy atom. The number of hydrogen-bond acceptors (Lipinski definition) is 4. The standard InChI is InChI=1S/C15H17N2O2S.F6P/c16-10-14(11-17)15(13-4-2-1-3-5-13)12-20(8-6-18)9-7-19;1-7(2,3,4,5)6/h1-5,18-19H,6-9,12H2;/q+1;-1. The molecule has 0 aliphatic heterocycles. The van der Waals surface area contributed by atoms with Crippen molar-refractivity contribution < 1.29 is 35.4 Å². The molecule has 0 saturated carbocycles. The van der Waals surface area contributed by atoms with Gasteiger partial charge in [-0.1, -0.05) is 30.3 Å². The number of hydrogen-bond donors (Lipinski definition) is 2. The number of rotatable bonds is 7. The molecule has 0 unspecified atom stereocenters. The molecule has 0 aliphatic rings. The van der Waals surface area contributed by atoms with Crippen molar-refractivity contribution >= 4 is 24.3 Å². The largest absolute Gasteiger partial charge is 0.391 e. The van der Waals surface area contributed by atoms with Crippen molar-refractivity contribution in [1.29, 1.82) is 10.5 Å². The Balaban J connectivity index is 0.000000821. The van der Waals surface area contributed by atoms with E-state index < -0.39 is 7.81 Å². The second kappa shape index (κ2) is 9.43. The molecule has 0 radical (unpaired) electrons. The van der Waals surface area contributed by atoms with Crippen molar-refractivity contribution in [3.63, 3.8) is 0 Å². The van der Waals surface area contributed by atoms with Gasteiger partial charge in [0.25, 0.3) is 0 Å². The van der Waals surface area contributed by atoms with Gasteiger partial charge in [0.05, 0.1) is 13.2 Å². The minimum atomic E-state index is -10.7. The summed E-state index contributed by atoms with van der Waals surface area (Å²) in [5.41, 5.74) is 1.64.